The van der Waals surface area contributed by atoms with Crippen molar-refractivity contribution in [2.75, 3.05) is 18.0 Å². The highest BCUT2D eigenvalue weighted by Crippen LogP contribution is 2.33. The van der Waals surface area contributed by atoms with Gasteiger partial charge in [-0.3, -0.25) is 0 Å². The largest absolute Gasteiger partial charge is 0.409 e. The fourth-order valence-corrected chi connectivity index (χ4v) is 2.12. The number of rotatable bonds is 2. The van der Waals surface area contributed by atoms with Gasteiger partial charge in [-0.25, -0.2) is 9.97 Å². The van der Waals surface area contributed by atoms with E-state index in [4.69, 9.17) is 10.9 Å². The van der Waals surface area contributed by atoms with Gasteiger partial charge in [0.2, 0.25) is 5.95 Å². The van der Waals surface area contributed by atoms with Crippen LogP contribution < -0.4 is 10.6 Å². The van der Waals surface area contributed by atoms with Gasteiger partial charge in [-0.1, -0.05) is 5.16 Å². The van der Waals surface area contributed by atoms with Crippen molar-refractivity contribution in [3.63, 3.8) is 0 Å². The van der Waals surface area contributed by atoms with Crippen LogP contribution in [0.5, 0.6) is 0 Å². The number of nitrogens with zero attached hydrogens (tertiary/aromatic N) is 4. The van der Waals surface area contributed by atoms with Crippen molar-refractivity contribution in [2.45, 2.75) is 19.0 Å². The normalized spacial score (nSPS) is 21.1. The summed E-state index contributed by atoms with van der Waals surface area (Å²) in [6, 6.07) is 1.42. The fraction of sp³-hybridized carbons (Fsp3) is 0.545. The molecule has 6 nitrogen and oxygen atoms in total. The van der Waals surface area contributed by atoms with E-state index in [9.17, 15) is 13.2 Å². The lowest BCUT2D eigenvalue weighted by Crippen LogP contribution is -2.42. The molecule has 1 aliphatic heterocycles. The summed E-state index contributed by atoms with van der Waals surface area (Å²) in [5, 5.41) is 11.4. The van der Waals surface area contributed by atoms with Gasteiger partial charge in [0.1, 0.15) is 5.69 Å². The monoisotopic (exact) mass is 289 g/mol. The van der Waals surface area contributed by atoms with Crippen LogP contribution in [0.15, 0.2) is 17.4 Å². The number of alkyl halides is 3. The van der Waals surface area contributed by atoms with E-state index in [2.05, 4.69) is 15.1 Å². The maximum absolute atomic E-state index is 12.8. The maximum atomic E-state index is 12.8. The second-order valence-electron chi connectivity index (χ2n) is 4.55. The molecule has 0 aromatic carbocycles. The van der Waals surface area contributed by atoms with Crippen LogP contribution in [0, 0.1) is 5.92 Å². The highest BCUT2D eigenvalue weighted by molar-refractivity contribution is 5.95. The third-order valence-electron chi connectivity index (χ3n) is 3.18. The third kappa shape index (κ3) is 3.09. The number of halogens is 3. The van der Waals surface area contributed by atoms with E-state index < -0.39 is 12.1 Å². The van der Waals surface area contributed by atoms with Crippen LogP contribution >= 0.6 is 0 Å². The Morgan fingerprint density at radius 1 is 1.50 bits per heavy atom. The first-order valence-electron chi connectivity index (χ1n) is 6.04. The molecule has 0 radical (unpaired) electrons. The predicted octanol–water partition coefficient (Wildman–Crippen LogP) is 1.35. The van der Waals surface area contributed by atoms with Gasteiger partial charge in [-0.2, -0.15) is 13.2 Å². The molecule has 9 heteroatoms. The zero-order valence-corrected chi connectivity index (χ0v) is 10.5. The van der Waals surface area contributed by atoms with Gasteiger partial charge in [0, 0.05) is 19.3 Å². The van der Waals surface area contributed by atoms with Crippen molar-refractivity contribution in [3.8, 4) is 0 Å². The van der Waals surface area contributed by atoms with Gasteiger partial charge in [0.15, 0.2) is 5.84 Å². The molecular formula is C11H14F3N5O. The van der Waals surface area contributed by atoms with Gasteiger partial charge in [-0.15, -0.1) is 0 Å². The predicted molar refractivity (Wildman–Crippen MR) is 65.5 cm³/mol. The summed E-state index contributed by atoms with van der Waals surface area (Å²) in [5.74, 6) is -1.44. The molecule has 2 rings (SSSR count). The number of aromatic nitrogens is 2. The van der Waals surface area contributed by atoms with Gasteiger partial charge in [0.05, 0.1) is 5.92 Å². The SMILES string of the molecule is N/C(=N/O)c1ccnc(N2CCCC(C(F)(F)F)C2)n1. The van der Waals surface area contributed by atoms with E-state index in [1.54, 1.807) is 0 Å². The fourth-order valence-electron chi connectivity index (χ4n) is 2.12. The van der Waals surface area contributed by atoms with Crippen molar-refractivity contribution in [1.29, 1.82) is 0 Å². The molecule has 1 saturated heterocycles. The smallest absolute Gasteiger partial charge is 0.393 e. The van der Waals surface area contributed by atoms with E-state index in [1.165, 1.54) is 17.2 Å². The zero-order chi connectivity index (χ0) is 14.8. The van der Waals surface area contributed by atoms with Crippen molar-refractivity contribution >= 4 is 11.8 Å². The number of anilines is 1. The molecule has 0 bridgehead atoms. The van der Waals surface area contributed by atoms with Gasteiger partial charge in [-0.05, 0) is 18.9 Å². The first kappa shape index (κ1) is 14.4. The summed E-state index contributed by atoms with van der Waals surface area (Å²) >= 11 is 0. The molecule has 20 heavy (non-hydrogen) atoms. The van der Waals surface area contributed by atoms with Crippen LogP contribution in [0.3, 0.4) is 0 Å². The lowest BCUT2D eigenvalue weighted by molar-refractivity contribution is -0.176. The van der Waals surface area contributed by atoms with Crippen LogP contribution in [0.1, 0.15) is 18.5 Å². The Balaban J connectivity index is 2.19. The molecule has 1 aromatic rings. The van der Waals surface area contributed by atoms with E-state index in [0.29, 0.717) is 13.0 Å². The van der Waals surface area contributed by atoms with Crippen LogP contribution in [-0.2, 0) is 0 Å². The lowest BCUT2D eigenvalue weighted by Gasteiger charge is -2.33. The van der Waals surface area contributed by atoms with Crippen molar-refractivity contribution < 1.29 is 18.4 Å². The Hall–Kier alpha value is -2.06. The van der Waals surface area contributed by atoms with Crippen molar-refractivity contribution in [1.82, 2.24) is 9.97 Å². The molecular weight excluding hydrogens is 275 g/mol. The summed E-state index contributed by atoms with van der Waals surface area (Å²) in [4.78, 5) is 9.43. The number of nitrogens with two attached hydrogens (primary N) is 1. The molecule has 0 aliphatic carbocycles. The van der Waals surface area contributed by atoms with E-state index >= 15 is 0 Å². The second-order valence-corrected chi connectivity index (χ2v) is 4.55. The second kappa shape index (κ2) is 5.51. The third-order valence-corrected chi connectivity index (χ3v) is 3.18. The minimum atomic E-state index is -4.22. The van der Waals surface area contributed by atoms with Crippen LogP contribution in [-0.4, -0.2) is 40.3 Å². The summed E-state index contributed by atoms with van der Waals surface area (Å²) in [5.41, 5.74) is 5.57. The molecule has 1 aromatic heterocycles. The topological polar surface area (TPSA) is 87.6 Å². The van der Waals surface area contributed by atoms with Crippen molar-refractivity contribution in [2.24, 2.45) is 16.8 Å². The average Bonchev–Trinajstić information content (AvgIpc) is 2.46. The van der Waals surface area contributed by atoms with E-state index in [-0.39, 0.29) is 30.4 Å². The molecule has 1 unspecified atom stereocenters. The van der Waals surface area contributed by atoms with E-state index in [1.807, 2.05) is 0 Å². The summed E-state index contributed by atoms with van der Waals surface area (Å²) < 4.78 is 38.3. The molecule has 2 heterocycles. The Kier molecular flexibility index (Phi) is 3.96. The van der Waals surface area contributed by atoms with Gasteiger partial charge in [0.25, 0.3) is 0 Å². The first-order valence-corrected chi connectivity index (χ1v) is 6.04. The number of piperidine rings is 1. The molecule has 0 amide bonds. The van der Waals surface area contributed by atoms with Crippen LogP contribution in [0.2, 0.25) is 0 Å². The number of hydrogen-bond donors (Lipinski definition) is 2. The zero-order valence-electron chi connectivity index (χ0n) is 10.5. The molecule has 3 N–H and O–H groups in total. The van der Waals surface area contributed by atoms with Crippen molar-refractivity contribution in [3.05, 3.63) is 18.0 Å². The number of amidine groups is 1. The Labute approximate surface area is 113 Å². The molecule has 1 aliphatic rings. The molecule has 1 atom stereocenters. The van der Waals surface area contributed by atoms with Crippen LogP contribution in [0.25, 0.3) is 0 Å². The minimum Gasteiger partial charge on any atom is -0.409 e. The lowest BCUT2D eigenvalue weighted by atomic mass is 9.98. The van der Waals surface area contributed by atoms with Gasteiger partial charge < -0.3 is 15.8 Å². The minimum absolute atomic E-state index is 0.111. The number of oxime groups is 1. The molecule has 1 fully saturated rings. The first-order chi connectivity index (χ1) is 9.41. The standard InChI is InChI=1S/C11H14F3N5O/c12-11(13,14)7-2-1-5-19(6-7)10-16-4-3-8(17-10)9(15)18-20/h3-4,7,20H,1-2,5-6H2,(H2,15,18). The quantitative estimate of drug-likeness (QED) is 0.371. The average molecular weight is 289 g/mol. The van der Waals surface area contributed by atoms with E-state index in [0.717, 1.165) is 0 Å². The Morgan fingerprint density at radius 2 is 2.25 bits per heavy atom. The Morgan fingerprint density at radius 3 is 2.90 bits per heavy atom. The van der Waals surface area contributed by atoms with Gasteiger partial charge >= 0.3 is 6.18 Å². The summed E-state index contributed by atoms with van der Waals surface area (Å²) in [7, 11) is 0. The molecule has 110 valence electrons. The molecule has 0 spiro atoms. The van der Waals surface area contributed by atoms with Crippen LogP contribution in [0.4, 0.5) is 19.1 Å². The molecule has 0 saturated carbocycles. The highest BCUT2D eigenvalue weighted by Gasteiger charge is 2.42. The maximum Gasteiger partial charge on any atom is 0.393 e. The summed E-state index contributed by atoms with van der Waals surface area (Å²) in [6.07, 6.45) is -2.32. The number of hydrogen-bond acceptors (Lipinski definition) is 5. The Bertz CT molecular complexity index is 505. The highest BCUT2D eigenvalue weighted by atomic mass is 19.4. The summed E-state index contributed by atoms with van der Waals surface area (Å²) in [6.45, 7) is 0.273.